The predicted octanol–water partition coefficient (Wildman–Crippen LogP) is 4.54. The van der Waals surface area contributed by atoms with Crippen molar-refractivity contribution in [2.45, 2.75) is 141 Å². The molecule has 294 valence electrons. The van der Waals surface area contributed by atoms with Crippen LogP contribution in [0.3, 0.4) is 0 Å². The number of sulfonamides is 1. The van der Waals surface area contributed by atoms with Crippen molar-refractivity contribution < 1.29 is 36.7 Å². The molecule has 0 aromatic heterocycles. The molecular formula is C38H57FN6O7S. The molecule has 0 radical (unpaired) electrons. The van der Waals surface area contributed by atoms with E-state index in [1.165, 1.54) is 20.8 Å². The zero-order valence-electron chi connectivity index (χ0n) is 31.9. The van der Waals surface area contributed by atoms with Crippen LogP contribution in [-0.2, 0) is 37.4 Å². The Morgan fingerprint density at radius 1 is 1.15 bits per heavy atom. The first-order chi connectivity index (χ1) is 24.8. The number of halogens is 1. The number of benzene rings is 1. The average Bonchev–Trinajstić information content (AvgIpc) is 3.95. The number of fused-ring (bicyclic) bond motifs is 1. The first-order valence-corrected chi connectivity index (χ1v) is 20.4. The Labute approximate surface area is 313 Å². The number of hydrogen-bond acceptors (Lipinski definition) is 7. The predicted molar refractivity (Wildman–Crippen MR) is 198 cm³/mol. The van der Waals surface area contributed by atoms with Crippen LogP contribution < -0.4 is 15.8 Å². The van der Waals surface area contributed by atoms with Gasteiger partial charge in [-0.05, 0) is 89.2 Å². The molecule has 53 heavy (non-hydrogen) atoms. The maximum atomic E-state index is 14.3. The van der Waals surface area contributed by atoms with Crippen LogP contribution >= 0.6 is 0 Å². The van der Waals surface area contributed by atoms with Crippen LogP contribution in [0.2, 0.25) is 0 Å². The van der Waals surface area contributed by atoms with Gasteiger partial charge in [0.1, 0.15) is 24.0 Å². The molecule has 0 bridgehead atoms. The standard InChI is InChI=1S/C38H57FN6O7S/c1-24(42-53(50,51)28-17-18-28)38(5)20-26(38)14-10-8-7-9-11-16-31(41-35(48)43(6)37(2,3)4)34(47)45-22-27(19-32(45)33(40)46)52-36(49)44-21-25-13-12-15-30(39)29(25)23-44/h10,12-15,24,26-28,31-32,42H,7-9,11,16-23H2,1-6H3,(H2,40,46)(H,41,48)/b14-10-/t24?,26-,27?,31+,32-,38-/m1/s1. The molecule has 2 unspecified atom stereocenters. The summed E-state index contributed by atoms with van der Waals surface area (Å²) in [5.74, 6) is -1.29. The molecule has 5 amide bonds. The van der Waals surface area contributed by atoms with Crippen LogP contribution in [0.4, 0.5) is 14.0 Å². The summed E-state index contributed by atoms with van der Waals surface area (Å²) in [6.07, 6.45) is 8.68. The molecule has 0 spiro atoms. The first-order valence-electron chi connectivity index (χ1n) is 18.9. The molecule has 2 aliphatic carbocycles. The van der Waals surface area contributed by atoms with Crippen LogP contribution in [0.25, 0.3) is 0 Å². The fourth-order valence-electron chi connectivity index (χ4n) is 7.24. The summed E-state index contributed by atoms with van der Waals surface area (Å²) in [4.78, 5) is 57.2. The number of unbranched alkanes of at least 4 members (excludes halogenated alkanes) is 3. The van der Waals surface area contributed by atoms with E-state index in [9.17, 15) is 32.0 Å². The van der Waals surface area contributed by atoms with E-state index in [0.29, 0.717) is 29.9 Å². The van der Waals surface area contributed by atoms with Crippen molar-refractivity contribution in [2.24, 2.45) is 17.1 Å². The van der Waals surface area contributed by atoms with Gasteiger partial charge in [-0.1, -0.05) is 44.1 Å². The second kappa shape index (κ2) is 15.9. The minimum Gasteiger partial charge on any atom is -0.444 e. The number of carbonyl (C=O) groups excluding carboxylic acids is 4. The zero-order valence-corrected chi connectivity index (χ0v) is 32.7. The van der Waals surface area contributed by atoms with Gasteiger partial charge in [0.2, 0.25) is 21.8 Å². The number of primary amides is 1. The molecule has 5 rings (SSSR count). The summed E-state index contributed by atoms with van der Waals surface area (Å²) >= 11 is 0. The lowest BCUT2D eigenvalue weighted by Gasteiger charge is -2.34. The smallest absolute Gasteiger partial charge is 0.410 e. The second-order valence-electron chi connectivity index (χ2n) is 16.6. The topological polar surface area (TPSA) is 171 Å². The Kier molecular flexibility index (Phi) is 12.2. The molecule has 2 heterocycles. The summed E-state index contributed by atoms with van der Waals surface area (Å²) in [5.41, 5.74) is 6.25. The third-order valence-electron chi connectivity index (χ3n) is 11.6. The molecule has 15 heteroatoms. The molecule has 13 nitrogen and oxygen atoms in total. The van der Waals surface area contributed by atoms with Crippen LogP contribution in [0.5, 0.6) is 0 Å². The molecule has 1 aromatic carbocycles. The molecule has 1 saturated heterocycles. The SMILES string of the molecule is CC(NS(=O)(=O)C1CC1)[C@@]1(C)C[C@H]1/C=C\CCCCC[C@H](NC(=O)N(C)C(C)(C)C)C(=O)N1CC(OC(=O)N2Cc3cccc(F)c3C2)C[C@@H]1C(N)=O. The molecule has 6 atom stereocenters. The summed E-state index contributed by atoms with van der Waals surface area (Å²) < 4.78 is 47.7. The van der Waals surface area contributed by atoms with Gasteiger partial charge in [-0.15, -0.1) is 0 Å². The number of likely N-dealkylation sites (tertiary alicyclic amines) is 1. The Morgan fingerprint density at radius 2 is 1.87 bits per heavy atom. The van der Waals surface area contributed by atoms with Gasteiger partial charge in [-0.3, -0.25) is 14.5 Å². The monoisotopic (exact) mass is 760 g/mol. The van der Waals surface area contributed by atoms with Gasteiger partial charge in [0.25, 0.3) is 0 Å². The molecule has 4 aliphatic rings. The first kappa shape index (κ1) is 40.5. The molecule has 1 aromatic rings. The highest BCUT2D eigenvalue weighted by Crippen LogP contribution is 2.56. The fraction of sp³-hybridized carbons (Fsp3) is 0.684. The van der Waals surface area contributed by atoms with Crippen LogP contribution in [0, 0.1) is 17.2 Å². The van der Waals surface area contributed by atoms with Crippen LogP contribution in [0.15, 0.2) is 30.4 Å². The third-order valence-corrected chi connectivity index (χ3v) is 13.6. The number of rotatable bonds is 15. The highest BCUT2D eigenvalue weighted by atomic mass is 32.2. The largest absolute Gasteiger partial charge is 0.444 e. The van der Waals surface area contributed by atoms with Gasteiger partial charge in [-0.25, -0.2) is 27.1 Å². The van der Waals surface area contributed by atoms with Crippen LogP contribution in [0.1, 0.15) is 104 Å². The van der Waals surface area contributed by atoms with E-state index in [1.807, 2.05) is 27.7 Å². The maximum absolute atomic E-state index is 14.3. The van der Waals surface area contributed by atoms with E-state index in [4.69, 9.17) is 10.5 Å². The van der Waals surface area contributed by atoms with Crippen molar-refractivity contribution in [1.29, 1.82) is 0 Å². The number of amides is 5. The number of allylic oxidation sites excluding steroid dienone is 2. The summed E-state index contributed by atoms with van der Waals surface area (Å²) in [7, 11) is -1.59. The molecule has 2 aliphatic heterocycles. The van der Waals surface area contributed by atoms with Crippen LogP contribution in [-0.4, -0.2) is 95.7 Å². The zero-order chi connectivity index (χ0) is 38.9. The molecule has 2 saturated carbocycles. The van der Waals surface area contributed by atoms with Crippen molar-refractivity contribution >= 4 is 34.0 Å². The van der Waals surface area contributed by atoms with Crippen molar-refractivity contribution in [2.75, 3.05) is 13.6 Å². The van der Waals surface area contributed by atoms with Crippen molar-refractivity contribution in [1.82, 2.24) is 24.7 Å². The Morgan fingerprint density at radius 3 is 2.51 bits per heavy atom. The van der Waals surface area contributed by atoms with Crippen molar-refractivity contribution in [3.8, 4) is 0 Å². The van der Waals surface area contributed by atoms with Gasteiger partial charge in [0.05, 0.1) is 18.3 Å². The van der Waals surface area contributed by atoms with E-state index >= 15 is 0 Å². The average molecular weight is 761 g/mol. The minimum absolute atomic E-state index is 0.0159. The molecule has 3 fully saturated rings. The highest BCUT2D eigenvalue weighted by Gasteiger charge is 2.53. The Bertz CT molecular complexity index is 1700. The van der Waals surface area contributed by atoms with Gasteiger partial charge < -0.3 is 25.6 Å². The van der Waals surface area contributed by atoms with Gasteiger partial charge in [0, 0.05) is 37.2 Å². The quantitative estimate of drug-likeness (QED) is 0.174. The number of nitrogens with zero attached hydrogens (tertiary/aromatic N) is 3. The third kappa shape index (κ3) is 9.69. The van der Waals surface area contributed by atoms with E-state index < -0.39 is 63.5 Å². The van der Waals surface area contributed by atoms with Gasteiger partial charge >= 0.3 is 12.1 Å². The lowest BCUT2D eigenvalue weighted by Crippen LogP contribution is -2.56. The number of urea groups is 1. The van der Waals surface area contributed by atoms with E-state index in [2.05, 4.69) is 29.1 Å². The Hall–Kier alpha value is -3.72. The number of nitrogens with two attached hydrogens (primary N) is 1. The number of ether oxygens (including phenoxy) is 1. The van der Waals surface area contributed by atoms with E-state index in [-0.39, 0.29) is 42.8 Å². The normalized spacial score (nSPS) is 25.2. The second-order valence-corrected chi connectivity index (χ2v) is 18.6. The van der Waals surface area contributed by atoms with Gasteiger partial charge in [0.15, 0.2) is 0 Å². The van der Waals surface area contributed by atoms with E-state index in [0.717, 1.165) is 38.5 Å². The minimum atomic E-state index is -3.24. The fourth-order valence-corrected chi connectivity index (χ4v) is 8.95. The van der Waals surface area contributed by atoms with Gasteiger partial charge in [-0.2, -0.15) is 0 Å². The summed E-state index contributed by atoms with van der Waals surface area (Å²) in [6.45, 7) is 9.88. The number of carbonyl (C=O) groups is 4. The lowest BCUT2D eigenvalue weighted by atomic mass is 9.98. The summed E-state index contributed by atoms with van der Waals surface area (Å²) in [6, 6.07) is 2.15. The lowest BCUT2D eigenvalue weighted by molar-refractivity contribution is -0.139. The molecule has 4 N–H and O–H groups in total. The maximum Gasteiger partial charge on any atom is 0.410 e. The van der Waals surface area contributed by atoms with Crippen molar-refractivity contribution in [3.05, 3.63) is 47.3 Å². The number of nitrogens with one attached hydrogen (secondary N) is 2. The van der Waals surface area contributed by atoms with E-state index in [1.54, 1.807) is 19.2 Å². The highest BCUT2D eigenvalue weighted by molar-refractivity contribution is 7.90. The number of hydrogen-bond donors (Lipinski definition) is 3. The molecular weight excluding hydrogens is 704 g/mol. The summed E-state index contributed by atoms with van der Waals surface area (Å²) in [5, 5.41) is 2.64. The van der Waals surface area contributed by atoms with Crippen molar-refractivity contribution in [3.63, 3.8) is 0 Å². The Balaban J connectivity index is 1.14.